The topological polar surface area (TPSA) is 99.9 Å². The third-order valence-electron chi connectivity index (χ3n) is 6.80. The molecule has 0 radical (unpaired) electrons. The number of aromatic nitrogens is 2. The first kappa shape index (κ1) is 29.2. The Morgan fingerprint density at radius 2 is 1.86 bits per heavy atom. The molecule has 0 aromatic carbocycles. The Bertz CT molecular complexity index is 991. The molecule has 2 aliphatic heterocycles. The van der Waals surface area contributed by atoms with Gasteiger partial charge in [0, 0.05) is 39.4 Å². The van der Waals surface area contributed by atoms with E-state index in [1.165, 1.54) is 20.2 Å². The van der Waals surface area contributed by atoms with E-state index in [4.69, 9.17) is 0 Å². The lowest BCUT2D eigenvalue weighted by molar-refractivity contribution is -0.315. The molecule has 0 saturated carbocycles. The maximum atomic E-state index is 13.4. The Morgan fingerprint density at radius 1 is 1.24 bits per heavy atom. The van der Waals surface area contributed by atoms with Crippen LogP contribution in [0, 0.1) is 5.92 Å². The summed E-state index contributed by atoms with van der Waals surface area (Å²) < 4.78 is 83.5. The lowest BCUT2D eigenvalue weighted by Gasteiger charge is -2.46. The number of rotatable bonds is 6. The molecule has 15 heteroatoms. The van der Waals surface area contributed by atoms with Crippen molar-refractivity contribution in [1.29, 1.82) is 0 Å². The number of carbonyl (C=O) groups excluding carboxylic acids is 2. The van der Waals surface area contributed by atoms with Crippen molar-refractivity contribution in [1.82, 2.24) is 24.7 Å². The number of ether oxygens (including phenoxy) is 1. The molecule has 1 fully saturated rings. The lowest BCUT2D eigenvalue weighted by Crippen LogP contribution is -2.62. The second-order valence-electron chi connectivity index (χ2n) is 10.4. The molecule has 9 nitrogen and oxygen atoms in total. The van der Waals surface area contributed by atoms with Gasteiger partial charge < -0.3 is 24.6 Å². The van der Waals surface area contributed by atoms with Crippen LogP contribution >= 0.6 is 0 Å². The van der Waals surface area contributed by atoms with Crippen LogP contribution in [0.25, 0.3) is 0 Å². The molecular formula is C22H31F6N5O4. The zero-order valence-electron chi connectivity index (χ0n) is 20.9. The quantitative estimate of drug-likeness (QED) is 0.418. The van der Waals surface area contributed by atoms with E-state index < -0.39 is 47.4 Å². The van der Waals surface area contributed by atoms with Crippen LogP contribution in [0.2, 0.25) is 0 Å². The summed E-state index contributed by atoms with van der Waals surface area (Å²) >= 11 is 0. The number of nitrogens with zero attached hydrogens (tertiary/aromatic N) is 4. The number of imidazole rings is 1. The monoisotopic (exact) mass is 543 g/mol. The van der Waals surface area contributed by atoms with Crippen molar-refractivity contribution >= 4 is 11.9 Å². The predicted molar refractivity (Wildman–Crippen MR) is 117 cm³/mol. The fourth-order valence-corrected chi connectivity index (χ4v) is 4.73. The van der Waals surface area contributed by atoms with Gasteiger partial charge >= 0.3 is 18.3 Å². The van der Waals surface area contributed by atoms with Crippen molar-refractivity contribution in [2.24, 2.45) is 5.92 Å². The molecule has 2 N–H and O–H groups in total. The van der Waals surface area contributed by atoms with Gasteiger partial charge in [0.25, 0.3) is 12.0 Å². The molecule has 1 aromatic heterocycles. The minimum Gasteiger partial charge on any atom is -0.442 e. The molecule has 3 heterocycles. The average Bonchev–Trinajstić information content (AvgIpc) is 3.17. The van der Waals surface area contributed by atoms with Crippen LogP contribution < -0.4 is 5.32 Å². The molecule has 1 amide bonds. The highest BCUT2D eigenvalue weighted by Crippen LogP contribution is 2.38. The Kier molecular flexibility index (Phi) is 7.93. The molecule has 0 aliphatic carbocycles. The number of β-amino-alcohol motifs (C(OH)–C–C–N with tert-alkyl or cyclic N) is 1. The van der Waals surface area contributed by atoms with Gasteiger partial charge in [-0.1, -0.05) is 0 Å². The van der Waals surface area contributed by atoms with E-state index in [1.54, 1.807) is 18.4 Å². The molecule has 0 spiro atoms. The van der Waals surface area contributed by atoms with E-state index in [0.717, 1.165) is 4.90 Å². The van der Waals surface area contributed by atoms with E-state index in [0.29, 0.717) is 32.0 Å². The first-order valence-corrected chi connectivity index (χ1v) is 11.7. The number of piperidine rings is 1. The summed E-state index contributed by atoms with van der Waals surface area (Å²) in [7, 11) is 1.33. The smallest absolute Gasteiger partial charge is 0.434 e. The number of hydrogen-bond donors (Lipinski definition) is 2. The van der Waals surface area contributed by atoms with Crippen molar-refractivity contribution in [3.63, 3.8) is 0 Å². The molecular weight excluding hydrogens is 512 g/mol. The van der Waals surface area contributed by atoms with Gasteiger partial charge in [0.15, 0.2) is 0 Å². The molecule has 37 heavy (non-hydrogen) atoms. The van der Waals surface area contributed by atoms with Crippen LogP contribution in [0.15, 0.2) is 6.20 Å². The molecule has 210 valence electrons. The molecule has 1 saturated heterocycles. The molecule has 0 bridgehead atoms. The van der Waals surface area contributed by atoms with Gasteiger partial charge in [-0.05, 0) is 33.7 Å². The van der Waals surface area contributed by atoms with Crippen molar-refractivity contribution in [3.8, 4) is 0 Å². The third kappa shape index (κ3) is 6.55. The summed E-state index contributed by atoms with van der Waals surface area (Å²) in [6.07, 6.45) is -14.4. The summed E-state index contributed by atoms with van der Waals surface area (Å²) in [5, 5.41) is 12.8. The van der Waals surface area contributed by atoms with Crippen LogP contribution in [0.5, 0.6) is 0 Å². The van der Waals surface area contributed by atoms with Crippen LogP contribution in [0.3, 0.4) is 0 Å². The number of carbonyl (C=O) groups is 2. The summed E-state index contributed by atoms with van der Waals surface area (Å²) in [5.41, 5.74) is -2.35. The second-order valence-corrected chi connectivity index (χ2v) is 10.4. The van der Waals surface area contributed by atoms with E-state index in [-0.39, 0.29) is 25.2 Å². The number of hydrogen-bond acceptors (Lipinski definition) is 7. The normalized spacial score (nSPS) is 23.6. The van der Waals surface area contributed by atoms with E-state index in [2.05, 4.69) is 15.0 Å². The summed E-state index contributed by atoms with van der Waals surface area (Å²) in [5.74, 6) is -3.28. The maximum Gasteiger partial charge on any atom is 0.434 e. The Morgan fingerprint density at radius 3 is 2.43 bits per heavy atom. The third-order valence-corrected chi connectivity index (χ3v) is 6.80. The summed E-state index contributed by atoms with van der Waals surface area (Å²) in [6, 6.07) is 0. The van der Waals surface area contributed by atoms with Crippen LogP contribution in [-0.4, -0.2) is 99.2 Å². The zero-order valence-corrected chi connectivity index (χ0v) is 20.9. The minimum atomic E-state index is -5.84. The van der Waals surface area contributed by atoms with Crippen LogP contribution in [-0.2, 0) is 22.6 Å². The highest BCUT2D eigenvalue weighted by Gasteiger charge is 2.61. The Labute approximate surface area is 209 Å². The van der Waals surface area contributed by atoms with Crippen molar-refractivity contribution in [3.05, 3.63) is 17.7 Å². The van der Waals surface area contributed by atoms with Crippen molar-refractivity contribution < 1.29 is 45.8 Å². The average molecular weight is 544 g/mol. The molecule has 1 aromatic rings. The molecule has 2 aliphatic rings. The molecule has 3 rings (SSSR count). The highest BCUT2D eigenvalue weighted by molar-refractivity contribution is 5.93. The number of alkyl halides is 6. The number of aliphatic hydroxyl groups is 1. The number of amides is 1. The first-order valence-electron chi connectivity index (χ1n) is 11.7. The lowest BCUT2D eigenvalue weighted by atomic mass is 9.78. The van der Waals surface area contributed by atoms with Crippen molar-refractivity contribution in [2.45, 2.75) is 69.9 Å². The fraction of sp³-hybridized carbons (Fsp3) is 0.773. The second kappa shape index (κ2) is 10.1. The van der Waals surface area contributed by atoms with Gasteiger partial charge in [0.05, 0.1) is 23.6 Å². The fourth-order valence-electron chi connectivity index (χ4n) is 4.73. The van der Waals surface area contributed by atoms with Gasteiger partial charge in [0.2, 0.25) is 0 Å². The summed E-state index contributed by atoms with van der Waals surface area (Å²) in [4.78, 5) is 33.5. The van der Waals surface area contributed by atoms with Crippen LogP contribution in [0.1, 0.15) is 43.5 Å². The van der Waals surface area contributed by atoms with Crippen LogP contribution in [0.4, 0.5) is 26.3 Å². The van der Waals surface area contributed by atoms with Gasteiger partial charge in [0.1, 0.15) is 11.5 Å². The zero-order chi connectivity index (χ0) is 28.0. The SMILES string of the molecule is CN(C(=O)c1cn2c(n1)CN(CC(C)(C)O)CC2)C1(C)CCNCC1C(=O)OC(C(F)(F)F)C(F)(F)F. The van der Waals surface area contributed by atoms with Crippen molar-refractivity contribution in [2.75, 3.05) is 33.2 Å². The largest absolute Gasteiger partial charge is 0.442 e. The highest BCUT2D eigenvalue weighted by atomic mass is 19.4. The first-order chi connectivity index (χ1) is 16.8. The van der Waals surface area contributed by atoms with E-state index in [9.17, 15) is 41.0 Å². The number of halogens is 6. The minimum absolute atomic E-state index is 0.0259. The molecule has 2 atom stereocenters. The number of esters is 1. The van der Waals surface area contributed by atoms with Gasteiger partial charge in [-0.3, -0.25) is 14.5 Å². The van der Waals surface area contributed by atoms with Gasteiger partial charge in [-0.15, -0.1) is 0 Å². The Hall–Kier alpha value is -2.39. The van der Waals surface area contributed by atoms with E-state index >= 15 is 0 Å². The summed E-state index contributed by atoms with van der Waals surface area (Å²) in [6.45, 7) is 6.62. The molecule has 2 unspecified atom stereocenters. The standard InChI is InChI=1S/C22H31F6N5O4/c1-19(2,36)12-32-7-8-33-10-14(30-15(33)11-32)16(34)31(4)20(3)5-6-29-9-13(20)17(35)37-18(21(23,24)25)22(26,27)28/h10,13,18,29,36H,5-9,11-12H2,1-4H3. The maximum absolute atomic E-state index is 13.4. The van der Waals surface area contributed by atoms with E-state index in [1.807, 2.05) is 4.90 Å². The number of nitrogens with one attached hydrogen (secondary N) is 1. The van der Waals surface area contributed by atoms with Gasteiger partial charge in [-0.25, -0.2) is 4.98 Å². The predicted octanol–water partition coefficient (Wildman–Crippen LogP) is 1.95. The Balaban J connectivity index is 1.80. The van der Waals surface area contributed by atoms with Gasteiger partial charge in [-0.2, -0.15) is 26.3 Å². The number of fused-ring (bicyclic) bond motifs is 1.